The van der Waals surface area contributed by atoms with Crippen molar-refractivity contribution < 1.29 is 14.1 Å². The molecule has 1 fully saturated rings. The van der Waals surface area contributed by atoms with Crippen molar-refractivity contribution in [3.8, 4) is 0 Å². The number of carbonyl (C=O) groups is 2. The van der Waals surface area contributed by atoms with Gasteiger partial charge in [-0.15, -0.1) is 0 Å². The third-order valence-electron chi connectivity index (χ3n) is 4.65. The maximum atomic E-state index is 12.5. The summed E-state index contributed by atoms with van der Waals surface area (Å²) < 4.78 is 6.72. The molecular weight excluding hydrogens is 348 g/mol. The predicted octanol–water partition coefficient (Wildman–Crippen LogP) is 1.71. The number of carbonyl (C=O) groups excluding carboxylic acids is 2. The zero-order valence-electron chi connectivity index (χ0n) is 16.1. The molecule has 3 N–H and O–H groups in total. The van der Waals surface area contributed by atoms with Crippen molar-refractivity contribution in [2.24, 2.45) is 0 Å². The van der Waals surface area contributed by atoms with Gasteiger partial charge in [-0.05, 0) is 27.2 Å². The lowest BCUT2D eigenvalue weighted by Gasteiger charge is -2.32. The van der Waals surface area contributed by atoms with Crippen LogP contribution in [0, 0.1) is 20.8 Å². The van der Waals surface area contributed by atoms with Crippen LogP contribution >= 0.6 is 0 Å². The molecule has 0 aromatic carbocycles. The zero-order chi connectivity index (χ0) is 19.6. The van der Waals surface area contributed by atoms with E-state index in [0.29, 0.717) is 23.7 Å². The summed E-state index contributed by atoms with van der Waals surface area (Å²) in [5, 5.41) is 17.5. The summed E-state index contributed by atoms with van der Waals surface area (Å²) in [6.07, 6.45) is 1.99. The number of anilines is 1. The van der Waals surface area contributed by atoms with Crippen LogP contribution in [0.15, 0.2) is 10.6 Å². The Morgan fingerprint density at radius 3 is 2.85 bits per heavy atom. The average Bonchev–Trinajstić information content (AvgIpc) is 3.11. The molecule has 1 saturated heterocycles. The molecule has 0 spiro atoms. The van der Waals surface area contributed by atoms with Crippen LogP contribution in [0.2, 0.25) is 0 Å². The quantitative estimate of drug-likeness (QED) is 0.709. The van der Waals surface area contributed by atoms with Crippen molar-refractivity contribution >= 4 is 17.6 Å². The molecular formula is C18H26N6O3. The van der Waals surface area contributed by atoms with Crippen LogP contribution in [0.3, 0.4) is 0 Å². The minimum Gasteiger partial charge on any atom is -0.361 e. The topological polar surface area (TPSA) is 114 Å². The average molecular weight is 374 g/mol. The normalized spacial score (nSPS) is 19.8. The molecule has 1 aliphatic rings. The summed E-state index contributed by atoms with van der Waals surface area (Å²) in [7, 11) is 0. The van der Waals surface area contributed by atoms with Gasteiger partial charge < -0.3 is 15.2 Å². The summed E-state index contributed by atoms with van der Waals surface area (Å²) in [6.45, 7) is 7.52. The number of hydrogen-bond donors (Lipinski definition) is 3. The highest BCUT2D eigenvalue weighted by Crippen LogP contribution is 2.20. The van der Waals surface area contributed by atoms with Crippen LogP contribution in [0.4, 0.5) is 5.82 Å². The molecule has 0 radical (unpaired) electrons. The first-order valence-electron chi connectivity index (χ1n) is 9.20. The molecule has 2 aromatic heterocycles. The summed E-state index contributed by atoms with van der Waals surface area (Å²) in [4.78, 5) is 24.6. The lowest BCUT2D eigenvalue weighted by atomic mass is 10.1. The second-order valence-electron chi connectivity index (χ2n) is 6.97. The Morgan fingerprint density at radius 1 is 1.41 bits per heavy atom. The smallest absolute Gasteiger partial charge is 0.230 e. The van der Waals surface area contributed by atoms with Crippen LogP contribution in [-0.4, -0.2) is 32.8 Å². The summed E-state index contributed by atoms with van der Waals surface area (Å²) >= 11 is 0. The van der Waals surface area contributed by atoms with E-state index < -0.39 is 6.29 Å². The van der Waals surface area contributed by atoms with Gasteiger partial charge in [-0.2, -0.15) is 5.10 Å². The third-order valence-corrected chi connectivity index (χ3v) is 4.65. The lowest BCUT2D eigenvalue weighted by molar-refractivity contribution is -0.125. The Hall–Kier alpha value is -2.68. The van der Waals surface area contributed by atoms with E-state index in [-0.39, 0.29) is 24.3 Å². The van der Waals surface area contributed by atoms with Gasteiger partial charge in [0.05, 0.1) is 17.8 Å². The Kier molecular flexibility index (Phi) is 5.59. The number of hydrogen-bond acceptors (Lipinski definition) is 6. The first-order valence-corrected chi connectivity index (χ1v) is 9.20. The first-order chi connectivity index (χ1) is 12.9. The molecule has 0 aliphatic carbocycles. The monoisotopic (exact) mass is 374 g/mol. The fraction of sp³-hybridized carbons (Fsp3) is 0.556. The largest absolute Gasteiger partial charge is 0.361 e. The Labute approximate surface area is 157 Å². The lowest BCUT2D eigenvalue weighted by Crippen LogP contribution is -2.53. The van der Waals surface area contributed by atoms with Crippen LogP contribution in [-0.2, 0) is 16.0 Å². The van der Waals surface area contributed by atoms with E-state index in [9.17, 15) is 9.59 Å². The van der Waals surface area contributed by atoms with Gasteiger partial charge in [-0.3, -0.25) is 14.9 Å². The van der Waals surface area contributed by atoms with Gasteiger partial charge in [0.15, 0.2) is 6.29 Å². The van der Waals surface area contributed by atoms with E-state index in [2.05, 4.69) is 33.1 Å². The predicted molar refractivity (Wildman–Crippen MR) is 98.9 cm³/mol. The van der Waals surface area contributed by atoms with Gasteiger partial charge in [-0.25, -0.2) is 4.68 Å². The number of nitrogens with one attached hydrogen (secondary N) is 3. The maximum Gasteiger partial charge on any atom is 0.230 e. The molecule has 2 aromatic rings. The highest BCUT2D eigenvalue weighted by molar-refractivity contribution is 5.91. The molecule has 3 heterocycles. The summed E-state index contributed by atoms with van der Waals surface area (Å²) in [5.41, 5.74) is 2.23. The van der Waals surface area contributed by atoms with E-state index >= 15 is 0 Å². The number of aryl methyl sites for hydroxylation is 3. The van der Waals surface area contributed by atoms with Gasteiger partial charge in [0.2, 0.25) is 11.8 Å². The Morgan fingerprint density at radius 2 is 2.19 bits per heavy atom. The fourth-order valence-corrected chi connectivity index (χ4v) is 3.33. The summed E-state index contributed by atoms with van der Waals surface area (Å²) in [5.74, 6) is 0.936. The molecule has 2 amide bonds. The van der Waals surface area contributed by atoms with Crippen molar-refractivity contribution in [2.45, 2.75) is 65.7 Å². The fourth-order valence-electron chi connectivity index (χ4n) is 3.33. The standard InChI is InChI=1S/C18H26N6O3/c1-5-6-13-8-16(25)21-18(19-13)24-15(7-10(2)22-24)20-17(26)9-14-11(3)23-27-12(14)4/h7,13,18-19H,5-6,8-9H2,1-4H3,(H,20,26)(H,21,25). The third kappa shape index (κ3) is 4.36. The van der Waals surface area contributed by atoms with E-state index in [1.165, 1.54) is 0 Å². The van der Waals surface area contributed by atoms with Gasteiger partial charge in [0, 0.05) is 24.1 Å². The van der Waals surface area contributed by atoms with E-state index in [1.54, 1.807) is 17.7 Å². The summed E-state index contributed by atoms with van der Waals surface area (Å²) in [6, 6.07) is 1.87. The molecule has 2 unspecified atom stereocenters. The number of rotatable bonds is 6. The molecule has 3 rings (SSSR count). The SMILES string of the molecule is CCCC1CC(=O)NC(n2nc(C)cc2NC(=O)Cc2c(C)noc2C)N1. The molecule has 0 bridgehead atoms. The van der Waals surface area contributed by atoms with Gasteiger partial charge in [-0.1, -0.05) is 18.5 Å². The van der Waals surface area contributed by atoms with Crippen LogP contribution < -0.4 is 16.0 Å². The zero-order valence-corrected chi connectivity index (χ0v) is 16.1. The van der Waals surface area contributed by atoms with Gasteiger partial charge in [0.1, 0.15) is 11.6 Å². The van der Waals surface area contributed by atoms with Crippen molar-refractivity contribution in [1.29, 1.82) is 0 Å². The molecule has 9 heteroatoms. The minimum absolute atomic E-state index is 0.0293. The van der Waals surface area contributed by atoms with Crippen molar-refractivity contribution in [1.82, 2.24) is 25.6 Å². The Bertz CT molecular complexity index is 821. The van der Waals surface area contributed by atoms with Crippen LogP contribution in [0.1, 0.15) is 55.2 Å². The van der Waals surface area contributed by atoms with Crippen molar-refractivity contribution in [3.05, 3.63) is 28.8 Å². The van der Waals surface area contributed by atoms with E-state index in [4.69, 9.17) is 4.52 Å². The molecule has 27 heavy (non-hydrogen) atoms. The molecule has 9 nitrogen and oxygen atoms in total. The first kappa shape index (κ1) is 19.1. The Balaban J connectivity index is 1.75. The second kappa shape index (κ2) is 7.91. The van der Waals surface area contributed by atoms with Crippen LogP contribution in [0.5, 0.6) is 0 Å². The minimum atomic E-state index is -0.495. The highest BCUT2D eigenvalue weighted by Gasteiger charge is 2.28. The van der Waals surface area contributed by atoms with Crippen molar-refractivity contribution in [3.63, 3.8) is 0 Å². The molecule has 146 valence electrons. The number of nitrogens with zero attached hydrogens (tertiary/aromatic N) is 3. The molecule has 2 atom stereocenters. The second-order valence-corrected chi connectivity index (χ2v) is 6.97. The highest BCUT2D eigenvalue weighted by atomic mass is 16.5. The number of aromatic nitrogens is 3. The molecule has 0 saturated carbocycles. The van der Waals surface area contributed by atoms with Gasteiger partial charge >= 0.3 is 0 Å². The van der Waals surface area contributed by atoms with Gasteiger partial charge in [0.25, 0.3) is 0 Å². The number of amides is 2. The molecule has 1 aliphatic heterocycles. The van der Waals surface area contributed by atoms with Crippen molar-refractivity contribution in [2.75, 3.05) is 5.32 Å². The van der Waals surface area contributed by atoms with E-state index in [0.717, 1.165) is 24.1 Å². The van der Waals surface area contributed by atoms with Crippen LogP contribution in [0.25, 0.3) is 0 Å². The maximum absolute atomic E-state index is 12.5. The van der Waals surface area contributed by atoms with E-state index in [1.807, 2.05) is 13.8 Å².